The van der Waals surface area contributed by atoms with Crippen LogP contribution in [0, 0.1) is 5.82 Å². The van der Waals surface area contributed by atoms with Crippen LogP contribution in [0.3, 0.4) is 0 Å². The molecule has 16 heavy (non-hydrogen) atoms. The summed E-state index contributed by atoms with van der Waals surface area (Å²) < 4.78 is 36.8. The van der Waals surface area contributed by atoms with Gasteiger partial charge in [-0.15, -0.1) is 0 Å². The first-order valence-electron chi connectivity index (χ1n) is 4.32. The standard InChI is InChI=1S/C9H10FNO4S/c10-8-3-1-7(2-4-8)5-11-16(14,15)6-9(12)13/h1-4,11H,5-6H2,(H,12,13). The van der Waals surface area contributed by atoms with E-state index in [1.54, 1.807) is 0 Å². The summed E-state index contributed by atoms with van der Waals surface area (Å²) in [5, 5.41) is 8.31. The minimum absolute atomic E-state index is 0.0596. The van der Waals surface area contributed by atoms with Crippen molar-refractivity contribution >= 4 is 16.0 Å². The molecule has 88 valence electrons. The fourth-order valence-corrected chi connectivity index (χ4v) is 1.82. The van der Waals surface area contributed by atoms with Crippen LogP contribution in [0.4, 0.5) is 4.39 Å². The molecule has 0 amide bonds. The average Bonchev–Trinajstić information content (AvgIpc) is 2.15. The molecular weight excluding hydrogens is 237 g/mol. The van der Waals surface area contributed by atoms with Crippen LogP contribution in [0.5, 0.6) is 0 Å². The summed E-state index contributed by atoms with van der Waals surface area (Å²) in [6, 6.07) is 5.22. The van der Waals surface area contributed by atoms with Gasteiger partial charge < -0.3 is 5.11 Å². The first-order chi connectivity index (χ1) is 7.39. The Hall–Kier alpha value is -1.47. The molecule has 1 aromatic carbocycles. The lowest BCUT2D eigenvalue weighted by molar-refractivity contribution is -0.134. The molecule has 5 nitrogen and oxygen atoms in total. The zero-order valence-corrected chi connectivity index (χ0v) is 9.00. The van der Waals surface area contributed by atoms with Crippen molar-refractivity contribution < 1.29 is 22.7 Å². The molecule has 1 aromatic rings. The molecule has 0 saturated heterocycles. The normalized spacial score (nSPS) is 11.3. The van der Waals surface area contributed by atoms with Gasteiger partial charge in [0.25, 0.3) is 0 Å². The molecule has 0 aliphatic rings. The van der Waals surface area contributed by atoms with Gasteiger partial charge in [0, 0.05) is 6.54 Å². The SMILES string of the molecule is O=C(O)CS(=O)(=O)NCc1ccc(F)cc1. The number of hydrogen-bond acceptors (Lipinski definition) is 3. The zero-order chi connectivity index (χ0) is 12.2. The lowest BCUT2D eigenvalue weighted by Crippen LogP contribution is -2.29. The molecule has 0 aliphatic carbocycles. The Kier molecular flexibility index (Phi) is 3.97. The molecular formula is C9H10FNO4S. The van der Waals surface area contributed by atoms with Gasteiger partial charge >= 0.3 is 5.97 Å². The van der Waals surface area contributed by atoms with Gasteiger partial charge in [0.1, 0.15) is 5.82 Å². The third-order valence-electron chi connectivity index (χ3n) is 1.72. The van der Waals surface area contributed by atoms with Crippen molar-refractivity contribution in [2.75, 3.05) is 5.75 Å². The van der Waals surface area contributed by atoms with Gasteiger partial charge in [0.2, 0.25) is 10.0 Å². The second-order valence-electron chi connectivity index (χ2n) is 3.10. The first-order valence-corrected chi connectivity index (χ1v) is 5.98. The zero-order valence-electron chi connectivity index (χ0n) is 8.18. The number of aliphatic carboxylic acids is 1. The summed E-state index contributed by atoms with van der Waals surface area (Å²) in [5.74, 6) is -2.82. The van der Waals surface area contributed by atoms with Crippen LogP contribution in [-0.2, 0) is 21.4 Å². The van der Waals surface area contributed by atoms with Crippen LogP contribution < -0.4 is 4.72 Å². The molecule has 7 heteroatoms. The van der Waals surface area contributed by atoms with Crippen LogP contribution in [0.1, 0.15) is 5.56 Å². The van der Waals surface area contributed by atoms with Crippen molar-refractivity contribution in [1.29, 1.82) is 0 Å². The van der Waals surface area contributed by atoms with Crippen molar-refractivity contribution in [2.24, 2.45) is 0 Å². The third kappa shape index (κ3) is 4.37. The number of carbonyl (C=O) groups is 1. The maximum absolute atomic E-state index is 12.5. The van der Waals surface area contributed by atoms with Crippen LogP contribution in [0.25, 0.3) is 0 Å². The quantitative estimate of drug-likeness (QED) is 0.785. The minimum atomic E-state index is -3.83. The fraction of sp³-hybridized carbons (Fsp3) is 0.222. The highest BCUT2D eigenvalue weighted by atomic mass is 32.2. The molecule has 1 rings (SSSR count). The van der Waals surface area contributed by atoms with Gasteiger partial charge in [-0.05, 0) is 17.7 Å². The Labute approximate surface area is 92.0 Å². The highest BCUT2D eigenvalue weighted by Gasteiger charge is 2.14. The van der Waals surface area contributed by atoms with Gasteiger partial charge in [-0.25, -0.2) is 17.5 Å². The molecule has 0 aliphatic heterocycles. The maximum atomic E-state index is 12.5. The number of carboxylic acid groups (broad SMARTS) is 1. The maximum Gasteiger partial charge on any atom is 0.320 e. The monoisotopic (exact) mass is 247 g/mol. The van der Waals surface area contributed by atoms with Gasteiger partial charge in [-0.2, -0.15) is 0 Å². The van der Waals surface area contributed by atoms with Crippen molar-refractivity contribution in [2.45, 2.75) is 6.54 Å². The molecule has 0 fully saturated rings. The van der Waals surface area contributed by atoms with E-state index in [9.17, 15) is 17.6 Å². The predicted molar refractivity (Wildman–Crippen MR) is 54.7 cm³/mol. The Balaban J connectivity index is 2.58. The van der Waals surface area contributed by atoms with E-state index in [1.165, 1.54) is 24.3 Å². The summed E-state index contributed by atoms with van der Waals surface area (Å²) in [4.78, 5) is 10.2. The highest BCUT2D eigenvalue weighted by molar-refractivity contribution is 7.90. The van der Waals surface area contributed by atoms with Crippen molar-refractivity contribution in [1.82, 2.24) is 4.72 Å². The van der Waals surface area contributed by atoms with Crippen LogP contribution >= 0.6 is 0 Å². The number of benzene rings is 1. The van der Waals surface area contributed by atoms with Crippen LogP contribution in [-0.4, -0.2) is 25.2 Å². The summed E-state index contributed by atoms with van der Waals surface area (Å²) in [6.45, 7) is -0.0596. The van der Waals surface area contributed by atoms with E-state index >= 15 is 0 Å². The summed E-state index contributed by atoms with van der Waals surface area (Å²) in [5.41, 5.74) is 0.551. The number of hydrogen-bond donors (Lipinski definition) is 2. The summed E-state index contributed by atoms with van der Waals surface area (Å²) in [7, 11) is -3.83. The number of halogens is 1. The Morgan fingerprint density at radius 3 is 2.38 bits per heavy atom. The van der Waals surface area contributed by atoms with E-state index in [-0.39, 0.29) is 6.54 Å². The fourth-order valence-electron chi connectivity index (χ4n) is 1.01. The first kappa shape index (κ1) is 12.6. The lowest BCUT2D eigenvalue weighted by Gasteiger charge is -2.04. The molecule has 2 N–H and O–H groups in total. The number of rotatable bonds is 5. The van der Waals surface area contributed by atoms with Crippen molar-refractivity contribution in [3.63, 3.8) is 0 Å². The highest BCUT2D eigenvalue weighted by Crippen LogP contribution is 2.02. The van der Waals surface area contributed by atoms with E-state index in [0.29, 0.717) is 5.56 Å². The average molecular weight is 247 g/mol. The van der Waals surface area contributed by atoms with Crippen molar-refractivity contribution in [3.8, 4) is 0 Å². The van der Waals surface area contributed by atoms with E-state index in [4.69, 9.17) is 5.11 Å². The molecule has 0 unspecified atom stereocenters. The number of nitrogens with one attached hydrogen (secondary N) is 1. The molecule has 0 bridgehead atoms. The van der Waals surface area contributed by atoms with E-state index in [2.05, 4.69) is 4.72 Å². The molecule has 0 spiro atoms. The third-order valence-corrected chi connectivity index (χ3v) is 2.93. The molecule has 0 radical (unpaired) electrons. The van der Waals surface area contributed by atoms with E-state index in [1.807, 2.05) is 0 Å². The number of carboxylic acids is 1. The van der Waals surface area contributed by atoms with Crippen LogP contribution in [0.15, 0.2) is 24.3 Å². The van der Waals surface area contributed by atoms with Crippen LogP contribution in [0.2, 0.25) is 0 Å². The largest absolute Gasteiger partial charge is 0.480 e. The predicted octanol–water partition coefficient (Wildman–Crippen LogP) is 0.330. The molecule has 0 heterocycles. The minimum Gasteiger partial charge on any atom is -0.480 e. The van der Waals surface area contributed by atoms with E-state index < -0.39 is 27.6 Å². The molecule has 0 atom stereocenters. The Morgan fingerprint density at radius 1 is 1.31 bits per heavy atom. The van der Waals surface area contributed by atoms with Gasteiger partial charge in [-0.3, -0.25) is 4.79 Å². The summed E-state index contributed by atoms with van der Waals surface area (Å²) in [6.07, 6.45) is 0. The smallest absolute Gasteiger partial charge is 0.320 e. The second-order valence-corrected chi connectivity index (χ2v) is 4.91. The van der Waals surface area contributed by atoms with Gasteiger partial charge in [0.05, 0.1) is 0 Å². The lowest BCUT2D eigenvalue weighted by atomic mass is 10.2. The molecule has 0 aromatic heterocycles. The topological polar surface area (TPSA) is 83.5 Å². The van der Waals surface area contributed by atoms with Crippen molar-refractivity contribution in [3.05, 3.63) is 35.6 Å². The van der Waals surface area contributed by atoms with Gasteiger partial charge in [0.15, 0.2) is 5.75 Å². The molecule has 0 saturated carbocycles. The van der Waals surface area contributed by atoms with E-state index in [0.717, 1.165) is 0 Å². The number of sulfonamides is 1. The second kappa shape index (κ2) is 5.04. The van der Waals surface area contributed by atoms with Gasteiger partial charge in [-0.1, -0.05) is 12.1 Å². The Bertz CT molecular complexity index is 469. The Morgan fingerprint density at radius 2 is 1.88 bits per heavy atom. The summed E-state index contributed by atoms with van der Waals surface area (Å²) >= 11 is 0.